The molecule has 0 saturated carbocycles. The summed E-state index contributed by atoms with van der Waals surface area (Å²) in [6.07, 6.45) is 19.8. The molecule has 0 N–H and O–H groups in total. The number of rotatable bonds is 8. The Morgan fingerprint density at radius 1 is 1.05 bits per heavy atom. The zero-order valence-corrected chi connectivity index (χ0v) is 12.7. The number of allylic oxidation sites excluding steroid dienone is 7. The molecule has 0 bridgehead atoms. The van der Waals surface area contributed by atoms with Gasteiger partial charge in [-0.15, -0.1) is 0 Å². The number of carbonyl (C=O) groups excluding carboxylic acids is 1. The van der Waals surface area contributed by atoms with Crippen LogP contribution < -0.4 is 0 Å². The summed E-state index contributed by atoms with van der Waals surface area (Å²) in [6.45, 7) is 4.47. The van der Waals surface area contributed by atoms with Crippen molar-refractivity contribution < 1.29 is 9.53 Å². The zero-order chi connectivity index (χ0) is 14.6. The van der Waals surface area contributed by atoms with Crippen LogP contribution in [0.5, 0.6) is 0 Å². The topological polar surface area (TPSA) is 26.3 Å². The normalized spacial score (nSPS) is 15.4. The first-order valence-electron chi connectivity index (χ1n) is 7.66. The largest absolute Gasteiger partial charge is 0.463 e. The molecule has 0 radical (unpaired) electrons. The van der Waals surface area contributed by atoms with E-state index in [4.69, 9.17) is 4.74 Å². The smallest absolute Gasteiger partial charge is 0.330 e. The minimum atomic E-state index is -0.225. The van der Waals surface area contributed by atoms with Crippen LogP contribution in [0.4, 0.5) is 0 Å². The third-order valence-electron chi connectivity index (χ3n) is 3.31. The standard InChI is InChI=1S/C18H26O2/c1-3-5-6-9-14-17(15-18(19)20-4-2)16-12-10-7-8-11-13-16/h7-8,10-13,15-16H,3-6,9,14H2,1-2H3/b17-15-. The minimum absolute atomic E-state index is 0.205. The first-order valence-corrected chi connectivity index (χ1v) is 7.66. The predicted octanol–water partition coefficient (Wildman–Crippen LogP) is 4.74. The van der Waals surface area contributed by atoms with Gasteiger partial charge in [0.15, 0.2) is 0 Å². The van der Waals surface area contributed by atoms with Gasteiger partial charge in [-0.05, 0) is 19.8 Å². The second kappa shape index (κ2) is 10.2. The van der Waals surface area contributed by atoms with E-state index in [1.54, 1.807) is 6.08 Å². The third-order valence-corrected chi connectivity index (χ3v) is 3.31. The van der Waals surface area contributed by atoms with Crippen molar-refractivity contribution in [2.45, 2.75) is 46.0 Å². The molecule has 0 aliphatic heterocycles. The van der Waals surface area contributed by atoms with E-state index in [2.05, 4.69) is 19.1 Å². The lowest BCUT2D eigenvalue weighted by Crippen LogP contribution is -2.05. The minimum Gasteiger partial charge on any atom is -0.463 e. The molecule has 0 amide bonds. The average molecular weight is 274 g/mol. The van der Waals surface area contributed by atoms with Gasteiger partial charge < -0.3 is 4.74 Å². The van der Waals surface area contributed by atoms with Crippen molar-refractivity contribution >= 4 is 5.97 Å². The van der Waals surface area contributed by atoms with Gasteiger partial charge in [-0.1, -0.05) is 68.2 Å². The van der Waals surface area contributed by atoms with Gasteiger partial charge in [-0.25, -0.2) is 4.79 Å². The first kappa shape index (κ1) is 16.5. The lowest BCUT2D eigenvalue weighted by atomic mass is 9.93. The molecule has 0 aromatic rings. The molecule has 2 heteroatoms. The van der Waals surface area contributed by atoms with Crippen molar-refractivity contribution in [2.75, 3.05) is 6.61 Å². The van der Waals surface area contributed by atoms with Crippen LogP contribution in [0, 0.1) is 5.92 Å². The van der Waals surface area contributed by atoms with E-state index in [9.17, 15) is 4.79 Å². The second-order valence-corrected chi connectivity index (χ2v) is 4.96. The summed E-state index contributed by atoms with van der Waals surface area (Å²) in [5.74, 6) is -0.0203. The van der Waals surface area contributed by atoms with Crippen molar-refractivity contribution in [1.29, 1.82) is 0 Å². The maximum absolute atomic E-state index is 11.7. The Kier molecular flexibility index (Phi) is 8.44. The van der Waals surface area contributed by atoms with E-state index in [-0.39, 0.29) is 11.9 Å². The number of carbonyl (C=O) groups is 1. The lowest BCUT2D eigenvalue weighted by molar-refractivity contribution is -0.137. The van der Waals surface area contributed by atoms with Crippen molar-refractivity contribution in [3.05, 3.63) is 48.1 Å². The van der Waals surface area contributed by atoms with Gasteiger partial charge in [0.05, 0.1) is 6.61 Å². The molecule has 0 fully saturated rings. The van der Waals surface area contributed by atoms with Crippen LogP contribution in [0.25, 0.3) is 0 Å². The zero-order valence-electron chi connectivity index (χ0n) is 12.7. The molecule has 20 heavy (non-hydrogen) atoms. The van der Waals surface area contributed by atoms with E-state index in [1.165, 1.54) is 19.3 Å². The Morgan fingerprint density at radius 3 is 2.35 bits per heavy atom. The number of unbranched alkanes of at least 4 members (excludes halogenated alkanes) is 3. The summed E-state index contributed by atoms with van der Waals surface area (Å²) in [6, 6.07) is 0. The summed E-state index contributed by atoms with van der Waals surface area (Å²) >= 11 is 0. The van der Waals surface area contributed by atoms with Gasteiger partial charge in [0.1, 0.15) is 0 Å². The maximum atomic E-state index is 11.7. The molecular formula is C18H26O2. The molecule has 0 aromatic carbocycles. The first-order chi connectivity index (χ1) is 9.77. The van der Waals surface area contributed by atoms with Crippen LogP contribution in [0.1, 0.15) is 46.0 Å². The Balaban J connectivity index is 2.70. The summed E-state index contributed by atoms with van der Waals surface area (Å²) in [5, 5.41) is 0. The molecular weight excluding hydrogens is 248 g/mol. The highest BCUT2D eigenvalue weighted by Crippen LogP contribution is 2.23. The molecule has 110 valence electrons. The maximum Gasteiger partial charge on any atom is 0.330 e. The van der Waals surface area contributed by atoms with E-state index >= 15 is 0 Å². The molecule has 0 saturated heterocycles. The monoisotopic (exact) mass is 274 g/mol. The van der Waals surface area contributed by atoms with Gasteiger partial charge in [0, 0.05) is 12.0 Å². The highest BCUT2D eigenvalue weighted by Gasteiger charge is 2.11. The summed E-state index contributed by atoms with van der Waals surface area (Å²) in [7, 11) is 0. The lowest BCUT2D eigenvalue weighted by Gasteiger charge is -2.13. The van der Waals surface area contributed by atoms with Crippen molar-refractivity contribution in [2.24, 2.45) is 5.92 Å². The molecule has 0 atom stereocenters. The molecule has 1 aliphatic rings. The Bertz CT molecular complexity index is 384. The Morgan fingerprint density at radius 2 is 1.75 bits per heavy atom. The van der Waals surface area contributed by atoms with Gasteiger partial charge in [0.2, 0.25) is 0 Å². The number of esters is 1. The highest BCUT2D eigenvalue weighted by molar-refractivity contribution is 5.83. The summed E-state index contributed by atoms with van der Waals surface area (Å²) in [4.78, 5) is 11.7. The van der Waals surface area contributed by atoms with Crippen LogP contribution >= 0.6 is 0 Å². The van der Waals surface area contributed by atoms with Crippen molar-refractivity contribution in [3.8, 4) is 0 Å². The predicted molar refractivity (Wildman–Crippen MR) is 84.4 cm³/mol. The Hall–Kier alpha value is -1.57. The van der Waals surface area contributed by atoms with Gasteiger partial charge in [0.25, 0.3) is 0 Å². The van der Waals surface area contributed by atoms with E-state index in [0.29, 0.717) is 6.61 Å². The summed E-state index contributed by atoms with van der Waals surface area (Å²) in [5.41, 5.74) is 1.15. The van der Waals surface area contributed by atoms with Gasteiger partial charge in [-0.2, -0.15) is 0 Å². The molecule has 0 aromatic heterocycles. The fourth-order valence-corrected chi connectivity index (χ4v) is 2.23. The molecule has 2 nitrogen and oxygen atoms in total. The van der Waals surface area contributed by atoms with Crippen LogP contribution in [0.3, 0.4) is 0 Å². The highest BCUT2D eigenvalue weighted by atomic mass is 16.5. The third kappa shape index (κ3) is 6.55. The number of hydrogen-bond donors (Lipinski definition) is 0. The molecule has 0 heterocycles. The van der Waals surface area contributed by atoms with E-state index in [1.807, 2.05) is 31.2 Å². The SMILES string of the molecule is CCCCCC/C(=C/C(=O)OCC)C1C=CC=CC=C1. The van der Waals surface area contributed by atoms with Gasteiger partial charge in [-0.3, -0.25) is 0 Å². The molecule has 0 unspecified atom stereocenters. The quantitative estimate of drug-likeness (QED) is 0.363. The van der Waals surface area contributed by atoms with E-state index in [0.717, 1.165) is 18.4 Å². The summed E-state index contributed by atoms with van der Waals surface area (Å²) < 4.78 is 5.04. The second-order valence-electron chi connectivity index (χ2n) is 4.96. The van der Waals surface area contributed by atoms with Crippen LogP contribution in [-0.2, 0) is 9.53 Å². The average Bonchev–Trinajstić information content (AvgIpc) is 2.71. The molecule has 0 spiro atoms. The molecule has 1 aliphatic carbocycles. The Labute approximate surface area is 122 Å². The number of hydrogen-bond acceptors (Lipinski definition) is 2. The van der Waals surface area contributed by atoms with Crippen molar-refractivity contribution in [1.82, 2.24) is 0 Å². The fraction of sp³-hybridized carbons (Fsp3) is 0.500. The fourth-order valence-electron chi connectivity index (χ4n) is 2.23. The van der Waals surface area contributed by atoms with Crippen LogP contribution in [-0.4, -0.2) is 12.6 Å². The van der Waals surface area contributed by atoms with Crippen LogP contribution in [0.15, 0.2) is 48.1 Å². The number of ether oxygens (including phenoxy) is 1. The van der Waals surface area contributed by atoms with Gasteiger partial charge >= 0.3 is 5.97 Å². The van der Waals surface area contributed by atoms with Crippen molar-refractivity contribution in [3.63, 3.8) is 0 Å². The van der Waals surface area contributed by atoms with E-state index < -0.39 is 0 Å². The van der Waals surface area contributed by atoms with Crippen LogP contribution in [0.2, 0.25) is 0 Å². The molecule has 1 rings (SSSR count).